The highest BCUT2D eigenvalue weighted by molar-refractivity contribution is 6.32. The van der Waals surface area contributed by atoms with Crippen LogP contribution in [-0.4, -0.2) is 23.4 Å². The van der Waals surface area contributed by atoms with Crippen LogP contribution in [0.5, 0.6) is 5.75 Å². The molecule has 7 heteroatoms. The number of rotatable bonds is 1. The molecule has 0 saturated carbocycles. The van der Waals surface area contributed by atoms with E-state index in [1.807, 2.05) is 0 Å². The molecule has 0 saturated heterocycles. The van der Waals surface area contributed by atoms with E-state index in [9.17, 15) is 18.0 Å². The number of carboxylic acid groups (broad SMARTS) is 1. The number of hydrogen-bond donors (Lipinski definition) is 1. The average molecular weight is 307 g/mol. The largest absolute Gasteiger partial charge is 0.478 e. The zero-order chi connectivity index (χ0) is 15.2. The van der Waals surface area contributed by atoms with Gasteiger partial charge in [-0.15, -0.1) is 0 Å². The molecule has 1 N–H and O–H groups in total. The average Bonchev–Trinajstić information content (AvgIpc) is 2.33. The van der Waals surface area contributed by atoms with E-state index in [2.05, 4.69) is 0 Å². The Kier molecular flexibility index (Phi) is 3.46. The molecule has 1 aliphatic rings. The first-order valence-electron chi connectivity index (χ1n) is 5.61. The van der Waals surface area contributed by atoms with Crippen LogP contribution in [-0.2, 0) is 4.79 Å². The highest BCUT2D eigenvalue weighted by Gasteiger charge is 2.49. The van der Waals surface area contributed by atoms with Crippen molar-refractivity contribution in [2.75, 3.05) is 0 Å². The number of alkyl halides is 3. The van der Waals surface area contributed by atoms with E-state index in [-0.39, 0.29) is 16.3 Å². The fraction of sp³-hybridized carbons (Fsp3) is 0.308. The van der Waals surface area contributed by atoms with Crippen LogP contribution < -0.4 is 4.74 Å². The standard InChI is InChI=1S/C13H10ClF3O3/c1-5-3-9(14)10-7(6(5)2)4-8(12(18)19)11(20-10)13(15,16)17/h3-4,11H,1-2H3,(H,18,19)/t11-/m0/s1. The van der Waals surface area contributed by atoms with Gasteiger partial charge < -0.3 is 9.84 Å². The highest BCUT2D eigenvalue weighted by Crippen LogP contribution is 2.43. The summed E-state index contributed by atoms with van der Waals surface area (Å²) in [6, 6.07) is 1.49. The minimum atomic E-state index is -4.83. The normalized spacial score (nSPS) is 18.1. The number of carbonyl (C=O) groups is 1. The molecule has 0 unspecified atom stereocenters. The van der Waals surface area contributed by atoms with Crippen LogP contribution in [0, 0.1) is 13.8 Å². The summed E-state index contributed by atoms with van der Waals surface area (Å²) in [4.78, 5) is 11.0. The zero-order valence-electron chi connectivity index (χ0n) is 10.5. The van der Waals surface area contributed by atoms with Gasteiger partial charge in [0.05, 0.1) is 10.6 Å². The van der Waals surface area contributed by atoms with Crippen LogP contribution in [0.15, 0.2) is 11.6 Å². The number of aliphatic carboxylic acids is 1. The van der Waals surface area contributed by atoms with Gasteiger partial charge in [0.25, 0.3) is 0 Å². The van der Waals surface area contributed by atoms with Crippen molar-refractivity contribution in [3.63, 3.8) is 0 Å². The van der Waals surface area contributed by atoms with Crippen molar-refractivity contribution in [3.05, 3.63) is 33.4 Å². The van der Waals surface area contributed by atoms with Gasteiger partial charge in [-0.1, -0.05) is 11.6 Å². The lowest BCUT2D eigenvalue weighted by molar-refractivity contribution is -0.187. The second kappa shape index (κ2) is 4.70. The van der Waals surface area contributed by atoms with Gasteiger partial charge in [-0.25, -0.2) is 4.79 Å². The van der Waals surface area contributed by atoms with E-state index >= 15 is 0 Å². The Labute approximate surface area is 117 Å². The van der Waals surface area contributed by atoms with Gasteiger partial charge in [0, 0.05) is 5.56 Å². The molecule has 0 aliphatic carbocycles. The van der Waals surface area contributed by atoms with Crippen LogP contribution in [0.3, 0.4) is 0 Å². The Morgan fingerprint density at radius 2 is 2.00 bits per heavy atom. The molecule has 0 amide bonds. The highest BCUT2D eigenvalue weighted by atomic mass is 35.5. The summed E-state index contributed by atoms with van der Waals surface area (Å²) in [6.45, 7) is 3.39. The predicted molar refractivity (Wildman–Crippen MR) is 67.0 cm³/mol. The SMILES string of the molecule is Cc1cc(Cl)c2c(c1C)C=C(C(=O)O)[C@@H](C(F)(F)F)O2. The number of aryl methyl sites for hydroxylation is 1. The molecule has 1 atom stereocenters. The molecule has 1 aromatic rings. The molecule has 20 heavy (non-hydrogen) atoms. The third kappa shape index (κ3) is 2.35. The van der Waals surface area contributed by atoms with Gasteiger partial charge in [-0.05, 0) is 37.1 Å². The summed E-state index contributed by atoms with van der Waals surface area (Å²) in [5, 5.41) is 8.97. The number of hydrogen-bond acceptors (Lipinski definition) is 2. The third-order valence-electron chi connectivity index (χ3n) is 3.16. The number of fused-ring (bicyclic) bond motifs is 1. The smallest absolute Gasteiger partial charge is 0.430 e. The Morgan fingerprint density at radius 3 is 2.50 bits per heavy atom. The van der Waals surface area contributed by atoms with Gasteiger partial charge in [-0.3, -0.25) is 0 Å². The van der Waals surface area contributed by atoms with E-state index in [0.29, 0.717) is 5.56 Å². The van der Waals surface area contributed by atoms with Crippen LogP contribution >= 0.6 is 11.6 Å². The van der Waals surface area contributed by atoms with Crippen LogP contribution in [0.25, 0.3) is 6.08 Å². The molecule has 3 nitrogen and oxygen atoms in total. The Bertz CT molecular complexity index is 620. The lowest BCUT2D eigenvalue weighted by Crippen LogP contribution is -2.40. The van der Waals surface area contributed by atoms with E-state index in [1.54, 1.807) is 13.8 Å². The summed E-state index contributed by atoms with van der Waals surface area (Å²) >= 11 is 5.89. The van der Waals surface area contributed by atoms with Gasteiger partial charge >= 0.3 is 12.1 Å². The lowest BCUT2D eigenvalue weighted by atomic mass is 9.95. The van der Waals surface area contributed by atoms with Gasteiger partial charge in [0.2, 0.25) is 6.10 Å². The molecule has 108 valence electrons. The Balaban J connectivity index is 2.69. The number of halogens is 4. The molecule has 1 aliphatic heterocycles. The van der Waals surface area contributed by atoms with E-state index in [4.69, 9.17) is 21.4 Å². The summed E-state index contributed by atoms with van der Waals surface area (Å²) < 4.78 is 43.5. The molecule has 0 bridgehead atoms. The molecule has 1 aromatic carbocycles. The summed E-state index contributed by atoms with van der Waals surface area (Å²) in [6.07, 6.45) is -6.37. The number of benzene rings is 1. The van der Waals surface area contributed by atoms with Crippen LogP contribution in [0.2, 0.25) is 5.02 Å². The summed E-state index contributed by atoms with van der Waals surface area (Å²) in [7, 11) is 0. The Morgan fingerprint density at radius 1 is 1.40 bits per heavy atom. The summed E-state index contributed by atoms with van der Waals surface area (Å²) in [5.41, 5.74) is 0.787. The van der Waals surface area contributed by atoms with Crippen molar-refractivity contribution in [1.29, 1.82) is 0 Å². The molecule has 0 aromatic heterocycles. The third-order valence-corrected chi connectivity index (χ3v) is 3.44. The second-order valence-electron chi connectivity index (χ2n) is 4.49. The van der Waals surface area contributed by atoms with E-state index in [1.165, 1.54) is 6.07 Å². The first kappa shape index (κ1) is 14.7. The van der Waals surface area contributed by atoms with Crippen molar-refractivity contribution in [2.45, 2.75) is 26.1 Å². The molecule has 1 heterocycles. The number of ether oxygens (including phenoxy) is 1. The lowest BCUT2D eigenvalue weighted by Gasteiger charge is -2.28. The van der Waals surface area contributed by atoms with Crippen molar-refractivity contribution in [3.8, 4) is 5.75 Å². The van der Waals surface area contributed by atoms with Gasteiger partial charge in [0.15, 0.2) is 0 Å². The second-order valence-corrected chi connectivity index (χ2v) is 4.89. The van der Waals surface area contributed by atoms with E-state index in [0.717, 1.165) is 11.6 Å². The van der Waals surface area contributed by atoms with Gasteiger partial charge in [-0.2, -0.15) is 13.2 Å². The molecule has 2 rings (SSSR count). The maximum atomic E-state index is 12.9. The number of carboxylic acids is 1. The molecular formula is C13H10ClF3O3. The summed E-state index contributed by atoms with van der Waals surface area (Å²) in [5.74, 6) is -1.81. The topological polar surface area (TPSA) is 46.5 Å². The van der Waals surface area contributed by atoms with E-state index < -0.39 is 23.8 Å². The van der Waals surface area contributed by atoms with Crippen molar-refractivity contribution in [2.24, 2.45) is 0 Å². The van der Waals surface area contributed by atoms with Crippen LogP contribution in [0.4, 0.5) is 13.2 Å². The van der Waals surface area contributed by atoms with Gasteiger partial charge in [0.1, 0.15) is 5.75 Å². The quantitative estimate of drug-likeness (QED) is 0.859. The fourth-order valence-electron chi connectivity index (χ4n) is 2.00. The van der Waals surface area contributed by atoms with Crippen molar-refractivity contribution < 1.29 is 27.8 Å². The van der Waals surface area contributed by atoms with Crippen molar-refractivity contribution >= 4 is 23.6 Å². The zero-order valence-corrected chi connectivity index (χ0v) is 11.3. The minimum absolute atomic E-state index is 0.0260. The maximum Gasteiger partial charge on any atom is 0.430 e. The molecule has 0 radical (unpaired) electrons. The minimum Gasteiger partial charge on any atom is -0.478 e. The van der Waals surface area contributed by atoms with Crippen molar-refractivity contribution in [1.82, 2.24) is 0 Å². The fourth-order valence-corrected chi connectivity index (χ4v) is 2.31. The first-order valence-corrected chi connectivity index (χ1v) is 5.98. The Hall–Kier alpha value is -1.69. The van der Waals surface area contributed by atoms with Crippen LogP contribution in [0.1, 0.15) is 16.7 Å². The molecular weight excluding hydrogens is 297 g/mol. The molecule has 0 spiro atoms. The predicted octanol–water partition coefficient (Wildman–Crippen LogP) is 3.75. The first-order chi connectivity index (χ1) is 9.12. The monoisotopic (exact) mass is 306 g/mol. The maximum absolute atomic E-state index is 12.9. The molecule has 0 fully saturated rings.